The van der Waals surface area contributed by atoms with E-state index in [1.807, 2.05) is 11.3 Å². The van der Waals surface area contributed by atoms with E-state index in [0.717, 1.165) is 12.5 Å². The predicted molar refractivity (Wildman–Crippen MR) is 87.9 cm³/mol. The zero-order valence-electron chi connectivity index (χ0n) is 11.0. The molecule has 0 aliphatic carbocycles. The molecule has 0 saturated carbocycles. The lowest BCUT2D eigenvalue weighted by Gasteiger charge is -2.26. The molecule has 1 N–H and O–H groups in total. The summed E-state index contributed by atoms with van der Waals surface area (Å²) in [4.78, 5) is 1.50. The van der Waals surface area contributed by atoms with Crippen molar-refractivity contribution in [2.45, 2.75) is 38.6 Å². The minimum Gasteiger partial charge on any atom is -0.314 e. The molecular weight excluding hydrogens is 326 g/mol. The number of likely N-dealkylation sites (N-methyl/N-ethyl adjacent to an activating group) is 1. The molecule has 4 heteroatoms. The second-order valence-corrected chi connectivity index (χ2v) is 8.12. The molecule has 1 fully saturated rings. The van der Waals surface area contributed by atoms with Gasteiger partial charge in [-0.3, -0.25) is 0 Å². The summed E-state index contributed by atoms with van der Waals surface area (Å²) in [7, 11) is 0. The molecule has 0 amide bonds. The molecule has 1 aromatic rings. The lowest BCUT2D eigenvalue weighted by Crippen LogP contribution is -2.33. The normalized spacial score (nSPS) is 19.0. The molecule has 1 aliphatic heterocycles. The summed E-state index contributed by atoms with van der Waals surface area (Å²) in [5.41, 5.74) is 0. The van der Waals surface area contributed by atoms with Crippen molar-refractivity contribution in [2.75, 3.05) is 18.1 Å². The molecule has 1 nitrogen and oxygen atoms in total. The van der Waals surface area contributed by atoms with Gasteiger partial charge in [0.2, 0.25) is 0 Å². The van der Waals surface area contributed by atoms with Gasteiger partial charge in [-0.15, -0.1) is 11.3 Å². The first-order valence-electron chi connectivity index (χ1n) is 6.82. The third-order valence-corrected chi connectivity index (χ3v) is 6.29. The maximum atomic E-state index is 3.67. The Morgan fingerprint density at radius 1 is 1.44 bits per heavy atom. The van der Waals surface area contributed by atoms with Gasteiger partial charge in [0.25, 0.3) is 0 Å². The molecule has 0 bridgehead atoms. The van der Waals surface area contributed by atoms with Gasteiger partial charge in [0, 0.05) is 20.8 Å². The molecule has 102 valence electrons. The van der Waals surface area contributed by atoms with Crippen LogP contribution in [0, 0.1) is 5.92 Å². The van der Waals surface area contributed by atoms with Crippen LogP contribution in [0.3, 0.4) is 0 Å². The van der Waals surface area contributed by atoms with E-state index in [9.17, 15) is 0 Å². The first-order chi connectivity index (χ1) is 8.78. The van der Waals surface area contributed by atoms with Gasteiger partial charge in [0.15, 0.2) is 0 Å². The standard InChI is InChI=1S/C14H22BrNS2/c1-2-16-13(7-11-3-5-17-6-4-11)9-14-8-12(15)10-18-14/h8,10-11,13,16H,2-7,9H2,1H3. The van der Waals surface area contributed by atoms with Crippen molar-refractivity contribution in [2.24, 2.45) is 5.92 Å². The highest BCUT2D eigenvalue weighted by Gasteiger charge is 2.19. The van der Waals surface area contributed by atoms with Gasteiger partial charge in [0.05, 0.1) is 0 Å². The van der Waals surface area contributed by atoms with E-state index in [2.05, 4.69) is 51.4 Å². The fraction of sp³-hybridized carbons (Fsp3) is 0.714. The Balaban J connectivity index is 1.86. The molecule has 18 heavy (non-hydrogen) atoms. The van der Waals surface area contributed by atoms with Gasteiger partial charge >= 0.3 is 0 Å². The Morgan fingerprint density at radius 3 is 2.83 bits per heavy atom. The molecular formula is C14H22BrNS2. The van der Waals surface area contributed by atoms with Crippen LogP contribution in [0.2, 0.25) is 0 Å². The molecule has 2 rings (SSSR count). The van der Waals surface area contributed by atoms with E-state index in [1.54, 1.807) is 0 Å². The molecule has 1 aliphatic rings. The third-order valence-electron chi connectivity index (χ3n) is 3.52. The Bertz CT molecular complexity index is 347. The highest BCUT2D eigenvalue weighted by Crippen LogP contribution is 2.28. The predicted octanol–water partition coefficient (Wildman–Crippen LogP) is 4.56. The number of halogens is 1. The SMILES string of the molecule is CCNC(Cc1cc(Br)cs1)CC1CCSCC1. The average Bonchev–Trinajstić information content (AvgIpc) is 2.76. The summed E-state index contributed by atoms with van der Waals surface area (Å²) < 4.78 is 1.23. The van der Waals surface area contributed by atoms with Crippen molar-refractivity contribution >= 4 is 39.0 Å². The zero-order valence-corrected chi connectivity index (χ0v) is 14.2. The number of thiophene rings is 1. The van der Waals surface area contributed by atoms with Crippen LogP contribution in [-0.2, 0) is 6.42 Å². The van der Waals surface area contributed by atoms with E-state index in [-0.39, 0.29) is 0 Å². The van der Waals surface area contributed by atoms with Crippen LogP contribution in [0.5, 0.6) is 0 Å². The lowest BCUT2D eigenvalue weighted by atomic mass is 9.92. The highest BCUT2D eigenvalue weighted by atomic mass is 79.9. The number of hydrogen-bond acceptors (Lipinski definition) is 3. The Labute approximate surface area is 127 Å². The van der Waals surface area contributed by atoms with Gasteiger partial charge in [-0.1, -0.05) is 6.92 Å². The lowest BCUT2D eigenvalue weighted by molar-refractivity contribution is 0.367. The molecule has 0 spiro atoms. The molecule has 1 aromatic heterocycles. The number of thioether (sulfide) groups is 1. The summed E-state index contributed by atoms with van der Waals surface area (Å²) in [6, 6.07) is 2.93. The average molecular weight is 348 g/mol. The maximum Gasteiger partial charge on any atom is 0.0285 e. The monoisotopic (exact) mass is 347 g/mol. The smallest absolute Gasteiger partial charge is 0.0285 e. The van der Waals surface area contributed by atoms with Crippen LogP contribution in [0.25, 0.3) is 0 Å². The van der Waals surface area contributed by atoms with Crippen molar-refractivity contribution in [3.63, 3.8) is 0 Å². The Hall–Kier alpha value is 0.490. The van der Waals surface area contributed by atoms with Crippen molar-refractivity contribution in [3.05, 3.63) is 20.8 Å². The quantitative estimate of drug-likeness (QED) is 0.809. The number of rotatable bonds is 6. The van der Waals surface area contributed by atoms with Crippen LogP contribution < -0.4 is 5.32 Å². The fourth-order valence-electron chi connectivity index (χ4n) is 2.62. The van der Waals surface area contributed by atoms with Crippen LogP contribution in [0.4, 0.5) is 0 Å². The highest BCUT2D eigenvalue weighted by molar-refractivity contribution is 9.10. The third kappa shape index (κ3) is 4.87. The van der Waals surface area contributed by atoms with Gasteiger partial charge in [-0.2, -0.15) is 11.8 Å². The zero-order chi connectivity index (χ0) is 12.8. The van der Waals surface area contributed by atoms with Crippen molar-refractivity contribution < 1.29 is 0 Å². The minimum atomic E-state index is 0.661. The molecule has 1 atom stereocenters. The molecule has 1 unspecified atom stereocenters. The molecule has 0 aromatic carbocycles. The summed E-state index contributed by atoms with van der Waals surface area (Å²) in [5.74, 6) is 3.68. The van der Waals surface area contributed by atoms with E-state index < -0.39 is 0 Å². The van der Waals surface area contributed by atoms with Gasteiger partial charge in [0.1, 0.15) is 0 Å². The first kappa shape index (κ1) is 14.9. The van der Waals surface area contributed by atoms with Crippen LogP contribution in [-0.4, -0.2) is 24.1 Å². The van der Waals surface area contributed by atoms with Gasteiger partial charge in [-0.05, 0) is 71.6 Å². The van der Waals surface area contributed by atoms with E-state index in [0.29, 0.717) is 6.04 Å². The topological polar surface area (TPSA) is 12.0 Å². The molecule has 2 heterocycles. The summed E-state index contributed by atoms with van der Waals surface area (Å²) in [5, 5.41) is 5.86. The summed E-state index contributed by atoms with van der Waals surface area (Å²) in [6.07, 6.45) is 5.37. The second-order valence-electron chi connectivity index (χ2n) is 4.98. The summed E-state index contributed by atoms with van der Waals surface area (Å²) in [6.45, 7) is 3.30. The first-order valence-corrected chi connectivity index (χ1v) is 9.64. The van der Waals surface area contributed by atoms with Crippen LogP contribution in [0.15, 0.2) is 15.9 Å². The van der Waals surface area contributed by atoms with Crippen molar-refractivity contribution in [1.29, 1.82) is 0 Å². The second kappa shape index (κ2) is 7.93. The van der Waals surface area contributed by atoms with E-state index in [1.165, 1.54) is 46.5 Å². The largest absolute Gasteiger partial charge is 0.314 e. The van der Waals surface area contributed by atoms with E-state index >= 15 is 0 Å². The maximum absolute atomic E-state index is 3.67. The summed E-state index contributed by atoms with van der Waals surface area (Å²) >= 11 is 7.54. The van der Waals surface area contributed by atoms with Gasteiger partial charge in [-0.25, -0.2) is 0 Å². The van der Waals surface area contributed by atoms with Crippen LogP contribution >= 0.6 is 39.0 Å². The van der Waals surface area contributed by atoms with Crippen molar-refractivity contribution in [3.8, 4) is 0 Å². The molecule has 0 radical (unpaired) electrons. The fourth-order valence-corrected chi connectivity index (χ4v) is 5.35. The van der Waals surface area contributed by atoms with E-state index in [4.69, 9.17) is 0 Å². The van der Waals surface area contributed by atoms with Crippen molar-refractivity contribution in [1.82, 2.24) is 5.32 Å². The molecule has 1 saturated heterocycles. The number of nitrogens with one attached hydrogen (secondary N) is 1. The van der Waals surface area contributed by atoms with Gasteiger partial charge < -0.3 is 5.32 Å². The minimum absolute atomic E-state index is 0.661. The number of hydrogen-bond donors (Lipinski definition) is 1. The van der Waals surface area contributed by atoms with Crippen LogP contribution in [0.1, 0.15) is 31.1 Å². The Morgan fingerprint density at radius 2 is 2.22 bits per heavy atom. The Kier molecular flexibility index (Phi) is 6.56.